The minimum absolute atomic E-state index is 0.306. The van der Waals surface area contributed by atoms with Crippen LogP contribution in [0.3, 0.4) is 0 Å². The van der Waals surface area contributed by atoms with E-state index in [1.807, 2.05) is 0 Å². The van der Waals surface area contributed by atoms with E-state index in [1.54, 1.807) is 30.3 Å². The average Bonchev–Trinajstić information content (AvgIpc) is 3.02. The zero-order chi connectivity index (χ0) is 17.3. The zero-order valence-electron chi connectivity index (χ0n) is 12.3. The summed E-state index contributed by atoms with van der Waals surface area (Å²) < 4.78 is 0. The molecule has 3 N–H and O–H groups in total. The Bertz CT molecular complexity index is 708. The van der Waals surface area contributed by atoms with Gasteiger partial charge >= 0.3 is 0 Å². The minimum Gasteiger partial charge on any atom is -0.543 e. The highest BCUT2D eigenvalue weighted by Gasteiger charge is 2.43. The molecule has 0 aliphatic carbocycles. The van der Waals surface area contributed by atoms with Crippen LogP contribution in [-0.4, -0.2) is 51.9 Å². The molecule has 2 amide bonds. The van der Waals surface area contributed by atoms with Gasteiger partial charge in [-0.3, -0.25) is 14.6 Å². The molecule has 0 bridgehead atoms. The predicted molar refractivity (Wildman–Crippen MR) is 84.0 cm³/mol. The molecule has 1 fully saturated rings. The fourth-order valence-corrected chi connectivity index (χ4v) is 3.86. The van der Waals surface area contributed by atoms with Crippen molar-refractivity contribution < 1.29 is 24.6 Å². The molecule has 0 spiro atoms. The van der Waals surface area contributed by atoms with Crippen molar-refractivity contribution in [1.29, 1.82) is 0 Å². The number of thioether (sulfide) groups is 1. The third kappa shape index (κ3) is 3.00. The van der Waals surface area contributed by atoms with E-state index in [9.17, 15) is 24.6 Å². The van der Waals surface area contributed by atoms with E-state index in [1.165, 1.54) is 0 Å². The van der Waals surface area contributed by atoms with Crippen molar-refractivity contribution in [3.05, 3.63) is 35.9 Å². The number of hydrogen-bond donors (Lipinski definition) is 3. The second-order valence-corrected chi connectivity index (χ2v) is 6.66. The summed E-state index contributed by atoms with van der Waals surface area (Å²) in [5.41, 5.74) is 0.341. The van der Waals surface area contributed by atoms with E-state index in [-0.39, 0.29) is 5.71 Å². The van der Waals surface area contributed by atoms with Gasteiger partial charge < -0.3 is 25.6 Å². The van der Waals surface area contributed by atoms with Gasteiger partial charge in [0.1, 0.15) is 17.5 Å². The lowest BCUT2D eigenvalue weighted by Crippen LogP contribution is -2.60. The number of nitrogens with one attached hydrogen (secondary N) is 2. The van der Waals surface area contributed by atoms with Gasteiger partial charge in [0, 0.05) is 0 Å². The van der Waals surface area contributed by atoms with Crippen LogP contribution in [0.15, 0.2) is 35.3 Å². The van der Waals surface area contributed by atoms with E-state index in [4.69, 9.17) is 0 Å². The van der Waals surface area contributed by atoms with Crippen LogP contribution in [-0.2, 0) is 14.4 Å². The number of rotatable bonds is 4. The fraction of sp³-hybridized carbons (Fsp3) is 0.333. The van der Waals surface area contributed by atoms with Crippen LogP contribution in [0.1, 0.15) is 11.6 Å². The second kappa shape index (κ2) is 6.62. The number of amides is 2. The third-order valence-electron chi connectivity index (χ3n) is 3.80. The van der Waals surface area contributed by atoms with Crippen LogP contribution >= 0.6 is 11.8 Å². The molecular formula is C15H14N3O5S-. The lowest BCUT2D eigenvalue weighted by molar-refractivity contribution is -0.294. The molecule has 0 aromatic heterocycles. The summed E-state index contributed by atoms with van der Waals surface area (Å²) in [6.45, 7) is -0.442. The summed E-state index contributed by atoms with van der Waals surface area (Å²) >= 11 is 1.01. The van der Waals surface area contributed by atoms with Crippen LogP contribution in [0.2, 0.25) is 0 Å². The number of nitrogens with zero attached hydrogens (tertiary/aromatic N) is 1. The summed E-state index contributed by atoms with van der Waals surface area (Å²) in [6.07, 6.45) is 0. The number of aliphatic imine (C=N–C) groups is 1. The Hall–Kier alpha value is -2.39. The van der Waals surface area contributed by atoms with E-state index in [0.717, 1.165) is 11.8 Å². The Kier molecular flexibility index (Phi) is 4.54. The maximum absolute atomic E-state index is 12.3. The Labute approximate surface area is 141 Å². The van der Waals surface area contributed by atoms with Gasteiger partial charge in [0.2, 0.25) is 11.8 Å². The van der Waals surface area contributed by atoms with Gasteiger partial charge in [0.25, 0.3) is 0 Å². The highest BCUT2D eigenvalue weighted by Crippen LogP contribution is 2.31. The maximum atomic E-state index is 12.3. The van der Waals surface area contributed by atoms with E-state index >= 15 is 0 Å². The fourth-order valence-electron chi connectivity index (χ4n) is 2.63. The molecule has 8 nitrogen and oxygen atoms in total. The van der Waals surface area contributed by atoms with E-state index < -0.39 is 47.1 Å². The number of carbonyl (C=O) groups excluding carboxylic acids is 3. The summed E-state index contributed by atoms with van der Waals surface area (Å²) in [6, 6.07) is 6.96. The molecule has 2 heterocycles. The molecule has 24 heavy (non-hydrogen) atoms. The number of benzene rings is 1. The molecule has 9 heteroatoms. The monoisotopic (exact) mass is 348 g/mol. The minimum atomic E-state index is -1.49. The SMILES string of the molecule is O=C([O-])C1=NC(C2NC(=O)C(c3ccccc3)NC2=O)SC1CO. The summed E-state index contributed by atoms with van der Waals surface area (Å²) in [4.78, 5) is 39.6. The van der Waals surface area contributed by atoms with E-state index in [2.05, 4.69) is 15.6 Å². The van der Waals surface area contributed by atoms with Crippen LogP contribution in [0, 0.1) is 0 Å². The third-order valence-corrected chi connectivity index (χ3v) is 5.15. The smallest absolute Gasteiger partial charge is 0.247 e. The molecule has 1 aromatic rings. The Morgan fingerprint density at radius 3 is 2.50 bits per heavy atom. The number of aliphatic hydroxyl groups is 1. The number of aliphatic hydroxyl groups excluding tert-OH is 1. The predicted octanol–water partition coefficient (Wildman–Crippen LogP) is -2.03. The number of carbonyl (C=O) groups is 3. The van der Waals surface area contributed by atoms with Crippen molar-refractivity contribution in [1.82, 2.24) is 10.6 Å². The number of hydrogen-bond acceptors (Lipinski definition) is 7. The summed E-state index contributed by atoms with van der Waals surface area (Å²) in [7, 11) is 0. The van der Waals surface area contributed by atoms with Crippen LogP contribution in [0.5, 0.6) is 0 Å². The lowest BCUT2D eigenvalue weighted by atomic mass is 10.0. The number of carboxylic acids is 1. The first-order valence-corrected chi connectivity index (χ1v) is 8.16. The van der Waals surface area contributed by atoms with Gasteiger partial charge in [-0.15, -0.1) is 11.8 Å². The Morgan fingerprint density at radius 1 is 1.21 bits per heavy atom. The molecule has 3 rings (SSSR count). The average molecular weight is 348 g/mol. The van der Waals surface area contributed by atoms with Gasteiger partial charge in [-0.25, -0.2) is 0 Å². The standard InChI is InChI=1S/C15H15N3O5S/c19-6-8-10(15(22)23)18-14(24-8)11-13(21)16-9(12(20)17-11)7-4-2-1-3-5-7/h1-5,8-9,11,14,19H,6H2,(H,16,21)(H,17,20)(H,22,23)/p-1. The normalized spacial score (nSPS) is 29.6. The summed E-state index contributed by atoms with van der Waals surface area (Å²) in [5.74, 6) is -2.35. The lowest BCUT2D eigenvalue weighted by Gasteiger charge is -2.31. The topological polar surface area (TPSA) is 131 Å². The Balaban J connectivity index is 1.77. The van der Waals surface area contributed by atoms with Gasteiger partial charge in [-0.2, -0.15) is 0 Å². The number of aliphatic carboxylic acids is 1. The van der Waals surface area contributed by atoms with Crippen molar-refractivity contribution in [3.8, 4) is 0 Å². The quantitative estimate of drug-likeness (QED) is 0.575. The number of carboxylic acid groups (broad SMARTS) is 1. The van der Waals surface area contributed by atoms with Crippen molar-refractivity contribution in [2.24, 2.45) is 4.99 Å². The highest BCUT2D eigenvalue weighted by molar-refractivity contribution is 8.01. The molecule has 1 saturated heterocycles. The molecule has 126 valence electrons. The largest absolute Gasteiger partial charge is 0.543 e. The molecule has 0 radical (unpaired) electrons. The van der Waals surface area contributed by atoms with Gasteiger partial charge in [0.15, 0.2) is 0 Å². The highest BCUT2D eigenvalue weighted by atomic mass is 32.2. The molecule has 0 saturated carbocycles. The molecule has 4 unspecified atom stereocenters. The van der Waals surface area contributed by atoms with Crippen LogP contribution < -0.4 is 15.7 Å². The second-order valence-electron chi connectivity index (χ2n) is 5.34. The van der Waals surface area contributed by atoms with Crippen molar-refractivity contribution >= 4 is 35.3 Å². The Morgan fingerprint density at radius 2 is 1.92 bits per heavy atom. The first-order chi connectivity index (χ1) is 11.5. The maximum Gasteiger partial charge on any atom is 0.247 e. The summed E-state index contributed by atoms with van der Waals surface area (Å²) in [5, 5.41) is 23.9. The number of piperazine rings is 1. The van der Waals surface area contributed by atoms with Gasteiger partial charge in [-0.1, -0.05) is 30.3 Å². The first-order valence-electron chi connectivity index (χ1n) is 7.22. The van der Waals surface area contributed by atoms with Crippen molar-refractivity contribution in [3.63, 3.8) is 0 Å². The first kappa shape index (κ1) is 16.5. The van der Waals surface area contributed by atoms with Gasteiger partial charge in [0.05, 0.1) is 23.5 Å². The molecule has 2 aliphatic heterocycles. The van der Waals surface area contributed by atoms with Crippen LogP contribution in [0.25, 0.3) is 0 Å². The zero-order valence-corrected chi connectivity index (χ0v) is 13.2. The van der Waals surface area contributed by atoms with Crippen molar-refractivity contribution in [2.45, 2.75) is 22.7 Å². The molecule has 4 atom stereocenters. The van der Waals surface area contributed by atoms with Gasteiger partial charge in [-0.05, 0) is 5.56 Å². The molecular weight excluding hydrogens is 334 g/mol. The van der Waals surface area contributed by atoms with E-state index in [0.29, 0.717) is 5.56 Å². The van der Waals surface area contributed by atoms with Crippen LogP contribution in [0.4, 0.5) is 0 Å². The molecule has 1 aromatic carbocycles. The molecule has 2 aliphatic rings. The van der Waals surface area contributed by atoms with Crippen molar-refractivity contribution in [2.75, 3.05) is 6.61 Å².